The molecule has 20 heavy (non-hydrogen) atoms. The number of terminal acetylenes is 1. The molecule has 0 aliphatic rings. The van der Waals surface area contributed by atoms with Crippen molar-refractivity contribution in [1.29, 1.82) is 0 Å². The van der Waals surface area contributed by atoms with E-state index in [0.717, 1.165) is 17.1 Å². The van der Waals surface area contributed by atoms with Crippen LogP contribution in [0.15, 0.2) is 47.1 Å². The number of aliphatic hydroxyl groups is 1. The maximum Gasteiger partial charge on any atom is 0.148 e. The highest BCUT2D eigenvalue weighted by atomic mass is 16.5. The Labute approximate surface area is 118 Å². The lowest BCUT2D eigenvalue weighted by Crippen LogP contribution is -2.23. The number of ether oxygens (including phenoxy) is 1. The average Bonchev–Trinajstić information content (AvgIpc) is 3.01. The van der Waals surface area contributed by atoms with Crippen LogP contribution >= 0.6 is 0 Å². The van der Waals surface area contributed by atoms with Gasteiger partial charge in [-0.05, 0) is 29.8 Å². The zero-order chi connectivity index (χ0) is 14.2. The molecule has 0 spiro atoms. The van der Waals surface area contributed by atoms with E-state index in [1.807, 2.05) is 30.3 Å². The van der Waals surface area contributed by atoms with Crippen LogP contribution in [0.25, 0.3) is 0 Å². The second-order valence-corrected chi connectivity index (χ2v) is 4.27. The molecule has 0 radical (unpaired) electrons. The lowest BCUT2D eigenvalue weighted by Gasteiger charge is -2.14. The van der Waals surface area contributed by atoms with E-state index in [9.17, 15) is 5.11 Å². The Morgan fingerprint density at radius 2 is 2.10 bits per heavy atom. The molecular formula is C16H17NO3. The highest BCUT2D eigenvalue weighted by molar-refractivity contribution is 5.27. The van der Waals surface area contributed by atoms with Crippen molar-refractivity contribution in [2.24, 2.45) is 0 Å². The molecule has 1 heterocycles. The van der Waals surface area contributed by atoms with Gasteiger partial charge >= 0.3 is 0 Å². The van der Waals surface area contributed by atoms with Gasteiger partial charge in [0.2, 0.25) is 0 Å². The van der Waals surface area contributed by atoms with E-state index in [1.54, 1.807) is 12.3 Å². The van der Waals surface area contributed by atoms with Crippen molar-refractivity contribution in [1.82, 2.24) is 5.32 Å². The predicted octanol–water partition coefficient (Wildman–Crippen LogP) is 2.11. The first-order valence-corrected chi connectivity index (χ1v) is 6.36. The van der Waals surface area contributed by atoms with Crippen molar-refractivity contribution in [2.75, 3.05) is 13.2 Å². The van der Waals surface area contributed by atoms with Crippen LogP contribution in [-0.4, -0.2) is 18.3 Å². The molecule has 0 saturated heterocycles. The third kappa shape index (κ3) is 3.89. The number of benzene rings is 1. The Morgan fingerprint density at radius 1 is 1.30 bits per heavy atom. The molecule has 1 aromatic carbocycles. The van der Waals surface area contributed by atoms with Crippen LogP contribution in [0, 0.1) is 12.3 Å². The van der Waals surface area contributed by atoms with Gasteiger partial charge in [0.15, 0.2) is 0 Å². The first kappa shape index (κ1) is 14.2. The summed E-state index contributed by atoms with van der Waals surface area (Å²) in [5.41, 5.74) is 1.09. The molecule has 0 fully saturated rings. The third-order valence-corrected chi connectivity index (χ3v) is 2.87. The van der Waals surface area contributed by atoms with Crippen molar-refractivity contribution in [3.63, 3.8) is 0 Å². The van der Waals surface area contributed by atoms with Gasteiger partial charge in [-0.15, -0.1) is 6.42 Å². The molecule has 1 aromatic heterocycles. The molecule has 4 heteroatoms. The second kappa shape index (κ2) is 7.39. The predicted molar refractivity (Wildman–Crippen MR) is 76.1 cm³/mol. The Bertz CT molecular complexity index is 540. The van der Waals surface area contributed by atoms with E-state index in [1.165, 1.54) is 0 Å². The average molecular weight is 271 g/mol. The quantitative estimate of drug-likeness (QED) is 0.757. The van der Waals surface area contributed by atoms with Gasteiger partial charge in [0.1, 0.15) is 18.1 Å². The van der Waals surface area contributed by atoms with Gasteiger partial charge < -0.3 is 19.6 Å². The molecule has 0 aliphatic heterocycles. The largest absolute Gasteiger partial charge is 0.481 e. The van der Waals surface area contributed by atoms with Crippen LogP contribution in [0.2, 0.25) is 0 Å². The zero-order valence-corrected chi connectivity index (χ0v) is 11.1. The standard InChI is InChI=1S/C16H17NO3/c1-2-9-19-14-7-5-13(6-8-14)11-17-15(12-18)16-4-3-10-20-16/h1,3-8,10,15,17-18H,9,11-12H2. The number of nitrogens with one attached hydrogen (secondary N) is 1. The van der Waals surface area contributed by atoms with Crippen molar-refractivity contribution in [3.8, 4) is 18.1 Å². The fourth-order valence-corrected chi connectivity index (χ4v) is 1.81. The van der Waals surface area contributed by atoms with Crippen molar-refractivity contribution in [3.05, 3.63) is 54.0 Å². The molecule has 0 amide bonds. The normalized spacial score (nSPS) is 11.8. The summed E-state index contributed by atoms with van der Waals surface area (Å²) in [6, 6.07) is 11.1. The van der Waals surface area contributed by atoms with Gasteiger partial charge in [0, 0.05) is 6.54 Å². The van der Waals surface area contributed by atoms with E-state index in [-0.39, 0.29) is 19.3 Å². The molecule has 4 nitrogen and oxygen atoms in total. The zero-order valence-electron chi connectivity index (χ0n) is 11.1. The van der Waals surface area contributed by atoms with Gasteiger partial charge in [-0.3, -0.25) is 0 Å². The third-order valence-electron chi connectivity index (χ3n) is 2.87. The minimum Gasteiger partial charge on any atom is -0.481 e. The first-order valence-electron chi connectivity index (χ1n) is 6.36. The second-order valence-electron chi connectivity index (χ2n) is 4.27. The topological polar surface area (TPSA) is 54.6 Å². The number of rotatable bonds is 7. The summed E-state index contributed by atoms with van der Waals surface area (Å²) in [6.45, 7) is 0.876. The Hall–Kier alpha value is -2.22. The van der Waals surface area contributed by atoms with Crippen LogP contribution in [0.3, 0.4) is 0 Å². The van der Waals surface area contributed by atoms with Crippen molar-refractivity contribution in [2.45, 2.75) is 12.6 Å². The van der Waals surface area contributed by atoms with E-state index >= 15 is 0 Å². The highest BCUT2D eigenvalue weighted by Crippen LogP contribution is 2.15. The minimum absolute atomic E-state index is 0.0170. The van der Waals surface area contributed by atoms with Gasteiger partial charge in [-0.2, -0.15) is 0 Å². The van der Waals surface area contributed by atoms with E-state index < -0.39 is 0 Å². The molecular weight excluding hydrogens is 254 g/mol. The summed E-state index contributed by atoms with van der Waals surface area (Å²) >= 11 is 0. The Morgan fingerprint density at radius 3 is 2.70 bits per heavy atom. The first-order chi connectivity index (χ1) is 9.83. The van der Waals surface area contributed by atoms with Crippen LogP contribution in [0.4, 0.5) is 0 Å². The van der Waals surface area contributed by atoms with Crippen LogP contribution in [-0.2, 0) is 6.54 Å². The van der Waals surface area contributed by atoms with Gasteiger partial charge in [-0.1, -0.05) is 18.1 Å². The fourth-order valence-electron chi connectivity index (χ4n) is 1.81. The number of aliphatic hydroxyl groups excluding tert-OH is 1. The molecule has 1 unspecified atom stereocenters. The molecule has 0 bridgehead atoms. The minimum atomic E-state index is -0.206. The molecule has 2 rings (SSSR count). The van der Waals surface area contributed by atoms with E-state index in [4.69, 9.17) is 15.6 Å². The molecule has 2 N–H and O–H groups in total. The molecule has 1 atom stereocenters. The van der Waals surface area contributed by atoms with Gasteiger partial charge in [0.25, 0.3) is 0 Å². The van der Waals surface area contributed by atoms with Crippen LogP contribution in [0.1, 0.15) is 17.4 Å². The lowest BCUT2D eigenvalue weighted by molar-refractivity contribution is 0.225. The number of hydrogen-bond acceptors (Lipinski definition) is 4. The number of furan rings is 1. The summed E-state index contributed by atoms with van der Waals surface area (Å²) in [5.74, 6) is 3.89. The SMILES string of the molecule is C#CCOc1ccc(CNC(CO)c2ccco2)cc1. The maximum atomic E-state index is 9.36. The van der Waals surface area contributed by atoms with Crippen LogP contribution in [0.5, 0.6) is 5.75 Å². The number of hydrogen-bond donors (Lipinski definition) is 2. The fraction of sp³-hybridized carbons (Fsp3) is 0.250. The maximum absolute atomic E-state index is 9.36. The van der Waals surface area contributed by atoms with Gasteiger partial charge in [-0.25, -0.2) is 0 Å². The monoisotopic (exact) mass is 271 g/mol. The van der Waals surface area contributed by atoms with Crippen LogP contribution < -0.4 is 10.1 Å². The molecule has 104 valence electrons. The molecule has 0 saturated carbocycles. The lowest BCUT2D eigenvalue weighted by atomic mass is 10.2. The molecule has 0 aliphatic carbocycles. The summed E-state index contributed by atoms with van der Waals surface area (Å²) in [7, 11) is 0. The summed E-state index contributed by atoms with van der Waals surface area (Å²) < 4.78 is 10.6. The van der Waals surface area contributed by atoms with Crippen molar-refractivity contribution < 1.29 is 14.3 Å². The Kier molecular flexibility index (Phi) is 5.24. The Balaban J connectivity index is 1.88. The van der Waals surface area contributed by atoms with E-state index in [0.29, 0.717) is 6.54 Å². The highest BCUT2D eigenvalue weighted by Gasteiger charge is 2.12. The summed E-state index contributed by atoms with van der Waals surface area (Å²) in [5, 5.41) is 12.6. The summed E-state index contributed by atoms with van der Waals surface area (Å²) in [6.07, 6.45) is 6.73. The van der Waals surface area contributed by atoms with E-state index in [2.05, 4.69) is 11.2 Å². The summed E-state index contributed by atoms with van der Waals surface area (Å²) in [4.78, 5) is 0. The molecule has 2 aromatic rings. The van der Waals surface area contributed by atoms with Gasteiger partial charge in [0.05, 0.1) is 18.9 Å². The smallest absolute Gasteiger partial charge is 0.148 e. The van der Waals surface area contributed by atoms with Crippen molar-refractivity contribution >= 4 is 0 Å².